The highest BCUT2D eigenvalue weighted by molar-refractivity contribution is 7.97. The van der Waals surface area contributed by atoms with Crippen molar-refractivity contribution in [2.45, 2.75) is 18.8 Å². The van der Waals surface area contributed by atoms with Crippen LogP contribution in [0.5, 0.6) is 11.5 Å². The van der Waals surface area contributed by atoms with E-state index < -0.39 is 6.61 Å². The van der Waals surface area contributed by atoms with Crippen LogP contribution in [0.3, 0.4) is 0 Å². The molecule has 140 valence electrons. The molecule has 2 aromatic rings. The molecule has 0 spiro atoms. The Bertz CT molecular complexity index is 723. The minimum absolute atomic E-state index is 0.0133. The lowest BCUT2D eigenvalue weighted by atomic mass is 10.1. The lowest BCUT2D eigenvalue weighted by Crippen LogP contribution is -2.25. The third-order valence-electron chi connectivity index (χ3n) is 3.67. The van der Waals surface area contributed by atoms with Crippen molar-refractivity contribution in [2.24, 2.45) is 0 Å². The fraction of sp³-hybridized carbons (Fsp3) is 0.316. The molecule has 0 aliphatic heterocycles. The molecule has 0 saturated heterocycles. The van der Waals surface area contributed by atoms with E-state index in [2.05, 4.69) is 10.1 Å². The van der Waals surface area contributed by atoms with Gasteiger partial charge in [0.05, 0.1) is 7.11 Å². The van der Waals surface area contributed by atoms with Crippen molar-refractivity contribution in [2.75, 3.05) is 19.9 Å². The molecule has 0 atom stereocenters. The predicted octanol–water partition coefficient (Wildman–Crippen LogP) is 4.13. The SMILES string of the molecule is COc1cc(CCNC(=O)c2ccc(CSC)cc2)ccc1OC(F)F. The van der Waals surface area contributed by atoms with Crippen LogP contribution < -0.4 is 14.8 Å². The van der Waals surface area contributed by atoms with E-state index in [-0.39, 0.29) is 17.4 Å². The highest BCUT2D eigenvalue weighted by atomic mass is 32.2. The number of nitrogens with one attached hydrogen (secondary N) is 1. The van der Waals surface area contributed by atoms with E-state index in [0.29, 0.717) is 18.5 Å². The Kier molecular flexibility index (Phi) is 7.72. The second kappa shape index (κ2) is 10.0. The number of amides is 1. The van der Waals surface area contributed by atoms with Gasteiger partial charge in [-0.15, -0.1) is 0 Å². The number of alkyl halides is 2. The lowest BCUT2D eigenvalue weighted by Gasteiger charge is -2.12. The van der Waals surface area contributed by atoms with Gasteiger partial charge in [-0.1, -0.05) is 18.2 Å². The van der Waals surface area contributed by atoms with E-state index >= 15 is 0 Å². The summed E-state index contributed by atoms with van der Waals surface area (Å²) in [7, 11) is 1.39. The van der Waals surface area contributed by atoms with Crippen molar-refractivity contribution in [1.29, 1.82) is 0 Å². The largest absolute Gasteiger partial charge is 0.493 e. The van der Waals surface area contributed by atoms with Crippen molar-refractivity contribution >= 4 is 17.7 Å². The third-order valence-corrected chi connectivity index (χ3v) is 4.29. The van der Waals surface area contributed by atoms with Gasteiger partial charge in [-0.05, 0) is 48.1 Å². The van der Waals surface area contributed by atoms with Gasteiger partial charge in [0.15, 0.2) is 11.5 Å². The maximum Gasteiger partial charge on any atom is 0.387 e. The number of hydrogen-bond acceptors (Lipinski definition) is 4. The van der Waals surface area contributed by atoms with Crippen molar-refractivity contribution in [3.05, 3.63) is 59.2 Å². The Morgan fingerprint density at radius 3 is 2.42 bits per heavy atom. The van der Waals surface area contributed by atoms with E-state index in [9.17, 15) is 13.6 Å². The normalized spacial score (nSPS) is 10.7. The van der Waals surface area contributed by atoms with E-state index in [1.807, 2.05) is 18.4 Å². The van der Waals surface area contributed by atoms with Crippen LogP contribution in [-0.2, 0) is 12.2 Å². The van der Waals surface area contributed by atoms with Crippen LogP contribution in [0, 0.1) is 0 Å². The Morgan fingerprint density at radius 2 is 1.81 bits per heavy atom. The average Bonchev–Trinajstić information content (AvgIpc) is 2.63. The number of halogens is 2. The zero-order valence-corrected chi connectivity index (χ0v) is 15.4. The number of hydrogen-bond donors (Lipinski definition) is 1. The summed E-state index contributed by atoms with van der Waals surface area (Å²) >= 11 is 1.73. The third kappa shape index (κ3) is 5.91. The van der Waals surface area contributed by atoms with Crippen LogP contribution in [0.1, 0.15) is 21.5 Å². The molecule has 7 heteroatoms. The van der Waals surface area contributed by atoms with Gasteiger partial charge < -0.3 is 14.8 Å². The summed E-state index contributed by atoms with van der Waals surface area (Å²) in [4.78, 5) is 12.2. The van der Waals surface area contributed by atoms with Crippen LogP contribution in [0.4, 0.5) is 8.78 Å². The molecule has 0 heterocycles. The Hall–Kier alpha value is -2.28. The molecule has 26 heavy (non-hydrogen) atoms. The first-order valence-corrected chi connectivity index (χ1v) is 9.40. The summed E-state index contributed by atoms with van der Waals surface area (Å²) < 4.78 is 34.1. The van der Waals surface area contributed by atoms with Crippen LogP contribution in [0.15, 0.2) is 42.5 Å². The summed E-state index contributed by atoms with van der Waals surface area (Å²) in [6.45, 7) is -2.49. The number of methoxy groups -OCH3 is 1. The van der Waals surface area contributed by atoms with Gasteiger partial charge in [0, 0.05) is 17.9 Å². The number of carbonyl (C=O) groups is 1. The molecule has 0 aromatic heterocycles. The number of rotatable bonds is 9. The van der Waals surface area contributed by atoms with Crippen molar-refractivity contribution < 1.29 is 23.0 Å². The summed E-state index contributed by atoms with van der Waals surface area (Å²) in [5.74, 6) is 0.985. The first-order chi connectivity index (χ1) is 12.5. The molecule has 0 fully saturated rings. The summed E-state index contributed by atoms with van der Waals surface area (Å²) in [5.41, 5.74) is 2.62. The maximum atomic E-state index is 12.3. The number of benzene rings is 2. The molecule has 2 rings (SSSR count). The van der Waals surface area contributed by atoms with Crippen LogP contribution in [0.2, 0.25) is 0 Å². The molecule has 4 nitrogen and oxygen atoms in total. The number of carbonyl (C=O) groups excluding carboxylic acids is 1. The Morgan fingerprint density at radius 1 is 1.12 bits per heavy atom. The summed E-state index contributed by atoms with van der Waals surface area (Å²) in [6.07, 6.45) is 2.57. The second-order valence-corrected chi connectivity index (χ2v) is 6.37. The topological polar surface area (TPSA) is 47.6 Å². The lowest BCUT2D eigenvalue weighted by molar-refractivity contribution is -0.0512. The molecule has 0 unspecified atom stereocenters. The second-order valence-electron chi connectivity index (χ2n) is 5.50. The van der Waals surface area contributed by atoms with Crippen molar-refractivity contribution in [3.63, 3.8) is 0 Å². The van der Waals surface area contributed by atoms with Crippen molar-refractivity contribution in [3.8, 4) is 11.5 Å². The molecule has 0 radical (unpaired) electrons. The van der Waals surface area contributed by atoms with E-state index in [1.54, 1.807) is 36.0 Å². The van der Waals surface area contributed by atoms with Crippen LogP contribution >= 0.6 is 11.8 Å². The van der Waals surface area contributed by atoms with Crippen molar-refractivity contribution in [1.82, 2.24) is 5.32 Å². The van der Waals surface area contributed by atoms with E-state index in [0.717, 1.165) is 11.3 Å². The van der Waals surface area contributed by atoms with Gasteiger partial charge in [-0.2, -0.15) is 20.5 Å². The molecular formula is C19H21F2NO3S. The maximum absolute atomic E-state index is 12.3. The molecule has 0 saturated carbocycles. The van der Waals surface area contributed by atoms with Gasteiger partial charge in [0.1, 0.15) is 0 Å². The molecule has 0 aliphatic rings. The summed E-state index contributed by atoms with van der Waals surface area (Å²) in [6, 6.07) is 12.2. The monoisotopic (exact) mass is 381 g/mol. The standard InChI is InChI=1S/C19H21F2NO3S/c1-24-17-11-13(5-8-16(17)25-19(20)21)9-10-22-18(23)15-6-3-14(4-7-15)12-26-2/h3-8,11,19H,9-10,12H2,1-2H3,(H,22,23). The first-order valence-electron chi connectivity index (χ1n) is 8.01. The zero-order valence-electron chi connectivity index (χ0n) is 14.6. The summed E-state index contributed by atoms with van der Waals surface area (Å²) in [5, 5.41) is 2.85. The minimum atomic E-state index is -2.91. The smallest absolute Gasteiger partial charge is 0.387 e. The predicted molar refractivity (Wildman–Crippen MR) is 99.3 cm³/mol. The number of ether oxygens (including phenoxy) is 2. The quantitative estimate of drug-likeness (QED) is 0.709. The van der Waals surface area contributed by atoms with E-state index in [4.69, 9.17) is 4.74 Å². The first kappa shape index (κ1) is 20.0. The highest BCUT2D eigenvalue weighted by Crippen LogP contribution is 2.29. The fourth-order valence-corrected chi connectivity index (χ4v) is 2.93. The molecule has 1 N–H and O–H groups in total. The molecular weight excluding hydrogens is 360 g/mol. The molecule has 0 aliphatic carbocycles. The Labute approximate surface area is 155 Å². The van der Waals surface area contributed by atoms with Gasteiger partial charge in [0.2, 0.25) is 0 Å². The zero-order chi connectivity index (χ0) is 18.9. The van der Waals surface area contributed by atoms with Gasteiger partial charge >= 0.3 is 6.61 Å². The number of thioether (sulfide) groups is 1. The Balaban J connectivity index is 1.89. The molecule has 2 aromatic carbocycles. The average molecular weight is 381 g/mol. The van der Waals surface area contributed by atoms with Gasteiger partial charge in [0.25, 0.3) is 5.91 Å². The molecule has 0 bridgehead atoms. The van der Waals surface area contributed by atoms with Crippen LogP contribution in [0.25, 0.3) is 0 Å². The fourth-order valence-electron chi connectivity index (χ4n) is 2.40. The minimum Gasteiger partial charge on any atom is -0.493 e. The van der Waals surface area contributed by atoms with Crippen LogP contribution in [-0.4, -0.2) is 32.4 Å². The molecule has 1 amide bonds. The van der Waals surface area contributed by atoms with Gasteiger partial charge in [-0.25, -0.2) is 0 Å². The van der Waals surface area contributed by atoms with E-state index in [1.165, 1.54) is 18.7 Å². The van der Waals surface area contributed by atoms with Gasteiger partial charge in [-0.3, -0.25) is 4.79 Å². The highest BCUT2D eigenvalue weighted by Gasteiger charge is 2.11.